The summed E-state index contributed by atoms with van der Waals surface area (Å²) < 4.78 is 5.99. The van der Waals surface area contributed by atoms with Gasteiger partial charge in [-0.3, -0.25) is 4.79 Å². The van der Waals surface area contributed by atoms with Crippen molar-refractivity contribution in [1.29, 1.82) is 0 Å². The van der Waals surface area contributed by atoms with Gasteiger partial charge in [-0.05, 0) is 53.5 Å². The number of anilines is 1. The van der Waals surface area contributed by atoms with Crippen molar-refractivity contribution in [2.24, 2.45) is 5.92 Å². The highest BCUT2D eigenvalue weighted by molar-refractivity contribution is 9.10. The van der Waals surface area contributed by atoms with Gasteiger partial charge in [-0.15, -0.1) is 12.4 Å². The van der Waals surface area contributed by atoms with Crippen molar-refractivity contribution >= 4 is 39.9 Å². The van der Waals surface area contributed by atoms with Gasteiger partial charge < -0.3 is 15.4 Å². The quantitative estimate of drug-likeness (QED) is 0.882. The molecule has 4 nitrogen and oxygen atoms in total. The SMILES string of the molecule is COc1ccc(NC(=O)[C@@H]2CCCNC2)cc1Br.Cl. The number of hydrogen-bond acceptors (Lipinski definition) is 3. The predicted octanol–water partition coefficient (Wildman–Crippen LogP) is 2.82. The minimum absolute atomic E-state index is 0. The van der Waals surface area contributed by atoms with E-state index in [-0.39, 0.29) is 24.2 Å². The van der Waals surface area contributed by atoms with Crippen molar-refractivity contribution < 1.29 is 9.53 Å². The highest BCUT2D eigenvalue weighted by Crippen LogP contribution is 2.28. The summed E-state index contributed by atoms with van der Waals surface area (Å²) in [5, 5.41) is 6.18. The zero-order valence-electron chi connectivity index (χ0n) is 10.7. The molecule has 1 fully saturated rings. The molecule has 0 bridgehead atoms. The molecule has 2 rings (SSSR count). The number of hydrogen-bond donors (Lipinski definition) is 2. The average molecular weight is 350 g/mol. The molecule has 2 N–H and O–H groups in total. The molecule has 1 atom stereocenters. The van der Waals surface area contributed by atoms with E-state index in [0.717, 1.165) is 41.8 Å². The Morgan fingerprint density at radius 2 is 2.32 bits per heavy atom. The summed E-state index contributed by atoms with van der Waals surface area (Å²) in [5.41, 5.74) is 0.790. The maximum absolute atomic E-state index is 12.0. The second kappa shape index (κ2) is 7.72. The molecule has 1 aromatic rings. The zero-order chi connectivity index (χ0) is 13.0. The van der Waals surface area contributed by atoms with Crippen LogP contribution in [0.1, 0.15) is 12.8 Å². The van der Waals surface area contributed by atoms with Crippen LogP contribution in [0.3, 0.4) is 0 Å². The molecular weight excluding hydrogens is 332 g/mol. The lowest BCUT2D eigenvalue weighted by atomic mass is 9.99. The Labute approximate surface area is 127 Å². The standard InChI is InChI=1S/C13H17BrN2O2.ClH/c1-18-12-5-4-10(7-11(12)14)16-13(17)9-3-2-6-15-8-9;/h4-5,7,9,15H,2-3,6,8H2,1H3,(H,16,17);1H/t9-;/m1./s1. The first-order valence-corrected chi connectivity index (χ1v) is 6.85. The summed E-state index contributed by atoms with van der Waals surface area (Å²) in [6.45, 7) is 1.78. The van der Waals surface area contributed by atoms with Crippen molar-refractivity contribution in [3.05, 3.63) is 22.7 Å². The molecule has 1 aliphatic heterocycles. The van der Waals surface area contributed by atoms with Crippen LogP contribution < -0.4 is 15.4 Å². The summed E-state index contributed by atoms with van der Waals surface area (Å²) in [6.07, 6.45) is 2.01. The van der Waals surface area contributed by atoms with Gasteiger partial charge in [0.05, 0.1) is 17.5 Å². The molecule has 1 amide bonds. The number of piperidine rings is 1. The molecule has 6 heteroatoms. The Balaban J connectivity index is 0.00000180. The fourth-order valence-corrected chi connectivity index (χ4v) is 2.60. The summed E-state index contributed by atoms with van der Waals surface area (Å²) in [6, 6.07) is 5.53. The van der Waals surface area contributed by atoms with Crippen LogP contribution in [0.15, 0.2) is 22.7 Å². The molecule has 1 aliphatic rings. The van der Waals surface area contributed by atoms with Crippen molar-refractivity contribution in [1.82, 2.24) is 5.32 Å². The second-order valence-electron chi connectivity index (χ2n) is 4.38. The number of ether oxygens (including phenoxy) is 1. The first-order chi connectivity index (χ1) is 8.70. The highest BCUT2D eigenvalue weighted by atomic mass is 79.9. The lowest BCUT2D eigenvalue weighted by Gasteiger charge is -2.22. The Morgan fingerprint density at radius 1 is 1.53 bits per heavy atom. The van der Waals surface area contributed by atoms with Crippen LogP contribution in [0.5, 0.6) is 5.75 Å². The van der Waals surface area contributed by atoms with E-state index in [1.165, 1.54) is 0 Å². The largest absolute Gasteiger partial charge is 0.496 e. The van der Waals surface area contributed by atoms with Crippen LogP contribution in [-0.2, 0) is 4.79 Å². The molecule has 19 heavy (non-hydrogen) atoms. The number of halogens is 2. The number of carbonyl (C=O) groups excluding carboxylic acids is 1. The lowest BCUT2D eigenvalue weighted by molar-refractivity contribution is -0.120. The minimum atomic E-state index is 0. The smallest absolute Gasteiger partial charge is 0.228 e. The lowest BCUT2D eigenvalue weighted by Crippen LogP contribution is -2.37. The van der Waals surface area contributed by atoms with Crippen LogP contribution in [0.4, 0.5) is 5.69 Å². The number of benzene rings is 1. The molecule has 0 unspecified atom stereocenters. The van der Waals surface area contributed by atoms with E-state index >= 15 is 0 Å². The van der Waals surface area contributed by atoms with E-state index in [4.69, 9.17) is 4.74 Å². The Bertz CT molecular complexity index is 437. The van der Waals surface area contributed by atoms with E-state index in [1.54, 1.807) is 7.11 Å². The molecule has 106 valence electrons. The van der Waals surface area contributed by atoms with Gasteiger partial charge in [-0.1, -0.05) is 0 Å². The van der Waals surface area contributed by atoms with Crippen LogP contribution in [0, 0.1) is 5.92 Å². The fraction of sp³-hybridized carbons (Fsp3) is 0.462. The number of nitrogens with one attached hydrogen (secondary N) is 2. The molecule has 0 aromatic heterocycles. The van der Waals surface area contributed by atoms with E-state index < -0.39 is 0 Å². The van der Waals surface area contributed by atoms with Gasteiger partial charge in [0, 0.05) is 12.2 Å². The van der Waals surface area contributed by atoms with Crippen LogP contribution in [-0.4, -0.2) is 26.1 Å². The average Bonchev–Trinajstić information content (AvgIpc) is 2.40. The number of methoxy groups -OCH3 is 1. The highest BCUT2D eigenvalue weighted by Gasteiger charge is 2.20. The third-order valence-electron chi connectivity index (χ3n) is 3.09. The Kier molecular flexibility index (Phi) is 6.62. The second-order valence-corrected chi connectivity index (χ2v) is 5.24. The first-order valence-electron chi connectivity index (χ1n) is 6.06. The maximum atomic E-state index is 12.0. The van der Waals surface area contributed by atoms with E-state index in [1.807, 2.05) is 18.2 Å². The molecule has 1 saturated heterocycles. The topological polar surface area (TPSA) is 50.4 Å². The van der Waals surface area contributed by atoms with Gasteiger partial charge in [0.25, 0.3) is 0 Å². The number of rotatable bonds is 3. The van der Waals surface area contributed by atoms with Gasteiger partial charge >= 0.3 is 0 Å². The summed E-state index contributed by atoms with van der Waals surface area (Å²) in [4.78, 5) is 12.0. The maximum Gasteiger partial charge on any atom is 0.228 e. The third kappa shape index (κ3) is 4.37. The number of amides is 1. The molecule has 0 spiro atoms. The van der Waals surface area contributed by atoms with Crippen LogP contribution >= 0.6 is 28.3 Å². The molecule has 1 aromatic carbocycles. The van der Waals surface area contributed by atoms with Crippen molar-refractivity contribution in [2.75, 3.05) is 25.5 Å². The normalized spacial score (nSPS) is 18.3. The fourth-order valence-electron chi connectivity index (χ4n) is 2.06. The molecular formula is C13H18BrClN2O2. The molecule has 0 saturated carbocycles. The summed E-state index contributed by atoms with van der Waals surface area (Å²) >= 11 is 3.40. The third-order valence-corrected chi connectivity index (χ3v) is 3.71. The van der Waals surface area contributed by atoms with E-state index in [9.17, 15) is 4.79 Å². The summed E-state index contributed by atoms with van der Waals surface area (Å²) in [7, 11) is 1.62. The van der Waals surface area contributed by atoms with Gasteiger partial charge in [0.1, 0.15) is 5.75 Å². The van der Waals surface area contributed by atoms with Gasteiger partial charge in [0.15, 0.2) is 0 Å². The van der Waals surface area contributed by atoms with Crippen LogP contribution in [0.2, 0.25) is 0 Å². The monoisotopic (exact) mass is 348 g/mol. The Morgan fingerprint density at radius 3 is 2.89 bits per heavy atom. The molecule has 0 radical (unpaired) electrons. The van der Waals surface area contributed by atoms with Crippen molar-refractivity contribution in [2.45, 2.75) is 12.8 Å². The Hall–Kier alpha value is -0.780. The van der Waals surface area contributed by atoms with Crippen molar-refractivity contribution in [3.63, 3.8) is 0 Å². The predicted molar refractivity (Wildman–Crippen MR) is 82.2 cm³/mol. The summed E-state index contributed by atoms with van der Waals surface area (Å²) in [5.74, 6) is 0.909. The van der Waals surface area contributed by atoms with E-state index in [2.05, 4.69) is 26.6 Å². The minimum Gasteiger partial charge on any atom is -0.496 e. The van der Waals surface area contributed by atoms with Gasteiger partial charge in [-0.2, -0.15) is 0 Å². The molecule has 1 heterocycles. The van der Waals surface area contributed by atoms with E-state index in [0.29, 0.717) is 0 Å². The van der Waals surface area contributed by atoms with Gasteiger partial charge in [-0.25, -0.2) is 0 Å². The first kappa shape index (κ1) is 16.3. The number of carbonyl (C=O) groups is 1. The molecule has 0 aliphatic carbocycles. The van der Waals surface area contributed by atoms with Gasteiger partial charge in [0.2, 0.25) is 5.91 Å². The van der Waals surface area contributed by atoms with Crippen LogP contribution in [0.25, 0.3) is 0 Å². The zero-order valence-corrected chi connectivity index (χ0v) is 13.1. The van der Waals surface area contributed by atoms with Crippen molar-refractivity contribution in [3.8, 4) is 5.75 Å².